The summed E-state index contributed by atoms with van der Waals surface area (Å²) in [4.78, 5) is 17.0. The number of esters is 1. The number of likely N-dealkylation sites (N-methyl/N-ethyl adjacent to an activating group) is 1. The van der Waals surface area contributed by atoms with Gasteiger partial charge in [-0.3, -0.25) is 4.79 Å². The summed E-state index contributed by atoms with van der Waals surface area (Å²) in [5.41, 5.74) is -0.260. The Hall–Kier alpha value is -3.58. The highest BCUT2D eigenvalue weighted by Gasteiger charge is 2.49. The number of benzene rings is 1. The van der Waals surface area contributed by atoms with Crippen LogP contribution in [0.5, 0.6) is 5.75 Å². The summed E-state index contributed by atoms with van der Waals surface area (Å²) in [5.74, 6) is 2.86. The Balaban J connectivity index is 1.20. The van der Waals surface area contributed by atoms with Gasteiger partial charge in [-0.1, -0.05) is 6.08 Å². The number of allylic oxidation sites excluding steroid dienone is 2. The van der Waals surface area contributed by atoms with Gasteiger partial charge >= 0.3 is 12.3 Å². The first-order valence-corrected chi connectivity index (χ1v) is 15.8. The Labute approximate surface area is 271 Å². The number of terminal acetylenes is 1. The lowest BCUT2D eigenvalue weighted by Crippen LogP contribution is -2.57. The number of alkyl halides is 3. The van der Waals surface area contributed by atoms with Gasteiger partial charge in [-0.25, -0.2) is 4.31 Å². The molecule has 0 amide bonds. The van der Waals surface area contributed by atoms with Crippen LogP contribution in [0.2, 0.25) is 0 Å². The molecule has 2 aromatic rings. The molecule has 0 spiro atoms. The topological polar surface area (TPSA) is 104 Å². The predicted octanol–water partition coefficient (Wildman–Crippen LogP) is 5.18. The van der Waals surface area contributed by atoms with Crippen LogP contribution in [0.15, 0.2) is 48.3 Å². The molecule has 1 aromatic carbocycles. The summed E-state index contributed by atoms with van der Waals surface area (Å²) in [5, 5.41) is 12.2. The van der Waals surface area contributed by atoms with Crippen LogP contribution in [-0.4, -0.2) is 93.3 Å². The van der Waals surface area contributed by atoms with Crippen molar-refractivity contribution in [2.75, 3.05) is 40.0 Å². The van der Waals surface area contributed by atoms with Gasteiger partial charge in [0.05, 0.1) is 19.8 Å². The molecule has 0 unspecified atom stereocenters. The zero-order valence-corrected chi connectivity index (χ0v) is 26.8. The number of carbonyl (C=O) groups excluding carboxylic acids is 1. The lowest BCUT2D eigenvalue weighted by Gasteiger charge is -2.43. The lowest BCUT2D eigenvalue weighted by atomic mass is 9.87. The van der Waals surface area contributed by atoms with E-state index in [2.05, 4.69) is 31.0 Å². The first-order chi connectivity index (χ1) is 22.1. The average molecular weight is 665 g/mol. The van der Waals surface area contributed by atoms with Crippen molar-refractivity contribution in [3.63, 3.8) is 0 Å². The zero-order valence-electron chi connectivity index (χ0n) is 25.9. The van der Waals surface area contributed by atoms with Gasteiger partial charge in [-0.2, -0.15) is 4.80 Å². The van der Waals surface area contributed by atoms with Gasteiger partial charge in [0.15, 0.2) is 0 Å². The van der Waals surface area contributed by atoms with Gasteiger partial charge in [0.1, 0.15) is 29.3 Å². The Kier molecular flexibility index (Phi) is 12.9. The number of ether oxygens (including phenoxy) is 3. The number of aromatic nitrogens is 4. The van der Waals surface area contributed by atoms with Crippen molar-refractivity contribution >= 4 is 18.2 Å². The quantitative estimate of drug-likeness (QED) is 0.0425. The minimum absolute atomic E-state index is 0.229. The van der Waals surface area contributed by atoms with Crippen LogP contribution in [-0.2, 0) is 25.0 Å². The summed E-state index contributed by atoms with van der Waals surface area (Å²) in [6, 6.07) is 5.90. The molecule has 2 heterocycles. The molecule has 2 aliphatic rings. The number of aryl methyl sites for hydroxylation is 1. The summed E-state index contributed by atoms with van der Waals surface area (Å²) in [6.07, 6.45) is 10.9. The van der Waals surface area contributed by atoms with Crippen LogP contribution in [0.4, 0.5) is 13.2 Å². The molecular weight excluding hydrogens is 625 g/mol. The maximum Gasteiger partial charge on any atom is 0.573 e. The third kappa shape index (κ3) is 10.5. The Morgan fingerprint density at radius 3 is 2.63 bits per heavy atom. The van der Waals surface area contributed by atoms with Gasteiger partial charge in [0, 0.05) is 44.8 Å². The van der Waals surface area contributed by atoms with Crippen molar-refractivity contribution in [2.24, 2.45) is 0 Å². The van der Waals surface area contributed by atoms with Crippen LogP contribution >= 0.6 is 12.2 Å². The van der Waals surface area contributed by atoms with E-state index in [0.717, 1.165) is 25.3 Å². The summed E-state index contributed by atoms with van der Waals surface area (Å²) >= 11 is 1.10. The SMILES string of the molecule is C#CC/C=C(/C=C\COCCCn1nnc(-c2ccc(OC(F)(F)F)cc2)n1)OSN(C)C1(C(=O)OCC)CCN(C2CC2)CC1. The molecular formula is C31H39F3N6O5S. The molecule has 0 bridgehead atoms. The Bertz CT molecular complexity index is 1370. The van der Waals surface area contributed by atoms with Crippen LogP contribution < -0.4 is 4.74 Å². The molecule has 46 heavy (non-hydrogen) atoms. The molecule has 0 N–H and O–H groups in total. The number of rotatable bonds is 17. The van der Waals surface area contributed by atoms with Gasteiger partial charge in [-0.05, 0) is 80.7 Å². The standard InChI is InChI=1S/C31H39F3N6O5S/c1-4-6-9-27(45-46-38(3)30(29(41)43-5-2)17-20-39(21-18-30)25-13-14-25)10-7-22-42-23-8-19-40-36-28(35-37-40)24-11-15-26(16-12-24)44-31(32,33)34/h1,7,9-12,15-16,25H,5-6,8,13-14,17-23H2,2-3H3/b10-7-,27-9-. The number of tetrazole rings is 1. The second kappa shape index (κ2) is 16.8. The number of nitrogens with zero attached hydrogens (tertiary/aromatic N) is 6. The van der Waals surface area contributed by atoms with Crippen molar-refractivity contribution in [2.45, 2.75) is 69.9 Å². The fraction of sp³-hybridized carbons (Fsp3) is 0.548. The normalized spacial score (nSPS) is 17.3. The highest BCUT2D eigenvalue weighted by Crippen LogP contribution is 2.38. The largest absolute Gasteiger partial charge is 0.573 e. The zero-order chi connectivity index (χ0) is 33.0. The number of likely N-dealkylation sites (tertiary alicyclic amines) is 1. The van der Waals surface area contributed by atoms with Gasteiger partial charge < -0.3 is 23.3 Å². The van der Waals surface area contributed by atoms with Crippen LogP contribution in [0.25, 0.3) is 11.4 Å². The fourth-order valence-electron chi connectivity index (χ4n) is 4.95. The van der Waals surface area contributed by atoms with E-state index in [1.807, 2.05) is 24.4 Å². The van der Waals surface area contributed by atoms with E-state index in [1.165, 1.54) is 41.9 Å². The minimum atomic E-state index is -4.76. The molecule has 11 nitrogen and oxygen atoms in total. The van der Waals surface area contributed by atoms with Crippen molar-refractivity contribution in [1.29, 1.82) is 0 Å². The van der Waals surface area contributed by atoms with Crippen LogP contribution in [0, 0.1) is 12.3 Å². The summed E-state index contributed by atoms with van der Waals surface area (Å²) in [6.45, 7) is 5.01. The first-order valence-electron chi connectivity index (χ1n) is 15.1. The molecule has 4 rings (SSSR count). The van der Waals surface area contributed by atoms with Crippen molar-refractivity contribution in [3.8, 4) is 29.5 Å². The molecule has 1 aliphatic carbocycles. The Morgan fingerprint density at radius 2 is 1.98 bits per heavy atom. The smallest absolute Gasteiger partial charge is 0.465 e. The molecule has 250 valence electrons. The third-order valence-corrected chi connectivity index (χ3v) is 8.40. The van der Waals surface area contributed by atoms with Crippen molar-refractivity contribution in [1.82, 2.24) is 29.4 Å². The Morgan fingerprint density at radius 1 is 1.24 bits per heavy atom. The second-order valence-corrected chi connectivity index (χ2v) is 11.7. The number of carbonyl (C=O) groups is 1. The highest BCUT2D eigenvalue weighted by molar-refractivity contribution is 7.92. The summed E-state index contributed by atoms with van der Waals surface area (Å²) < 4.78 is 60.0. The van der Waals surface area contributed by atoms with Gasteiger partial charge in [0.25, 0.3) is 0 Å². The third-order valence-electron chi connectivity index (χ3n) is 7.55. The maximum atomic E-state index is 13.1. The molecule has 0 atom stereocenters. The van der Waals surface area contributed by atoms with E-state index in [4.69, 9.17) is 20.1 Å². The monoisotopic (exact) mass is 664 g/mol. The second-order valence-electron chi connectivity index (χ2n) is 10.8. The average Bonchev–Trinajstić information content (AvgIpc) is 3.78. The van der Waals surface area contributed by atoms with Crippen molar-refractivity contribution in [3.05, 3.63) is 48.3 Å². The molecule has 1 saturated heterocycles. The minimum Gasteiger partial charge on any atom is -0.465 e. The molecule has 0 radical (unpaired) electrons. The lowest BCUT2D eigenvalue weighted by molar-refractivity contribution is -0.274. The molecule has 1 aliphatic heterocycles. The van der Waals surface area contributed by atoms with E-state index in [-0.39, 0.29) is 17.5 Å². The first kappa shape index (κ1) is 35.3. The fourth-order valence-corrected chi connectivity index (χ4v) is 5.68. The molecule has 1 saturated carbocycles. The van der Waals surface area contributed by atoms with Gasteiger partial charge in [-0.15, -0.1) is 35.7 Å². The maximum absolute atomic E-state index is 13.1. The van der Waals surface area contributed by atoms with E-state index in [1.54, 1.807) is 12.2 Å². The number of piperidine rings is 1. The highest BCUT2D eigenvalue weighted by atomic mass is 32.2. The van der Waals surface area contributed by atoms with E-state index in [0.29, 0.717) is 69.4 Å². The molecule has 1 aromatic heterocycles. The van der Waals surface area contributed by atoms with E-state index in [9.17, 15) is 18.0 Å². The number of hydrogen-bond donors (Lipinski definition) is 0. The van der Waals surface area contributed by atoms with E-state index >= 15 is 0 Å². The van der Waals surface area contributed by atoms with E-state index < -0.39 is 11.9 Å². The molecule has 2 fully saturated rings. The number of hydrogen-bond acceptors (Lipinski definition) is 11. The van der Waals surface area contributed by atoms with Crippen molar-refractivity contribution < 1.29 is 36.4 Å². The van der Waals surface area contributed by atoms with Crippen LogP contribution in [0.3, 0.4) is 0 Å². The molecule has 15 heteroatoms. The number of halogens is 3. The van der Waals surface area contributed by atoms with Gasteiger partial charge in [0.2, 0.25) is 5.82 Å². The predicted molar refractivity (Wildman–Crippen MR) is 166 cm³/mol. The summed E-state index contributed by atoms with van der Waals surface area (Å²) in [7, 11) is 1.86. The van der Waals surface area contributed by atoms with Crippen LogP contribution in [0.1, 0.15) is 45.4 Å².